The van der Waals surface area contributed by atoms with Gasteiger partial charge in [0.05, 0.1) is 7.11 Å². The molecular formula is C17H32N2O2. The molecule has 2 fully saturated rings. The van der Waals surface area contributed by atoms with Gasteiger partial charge < -0.3 is 9.64 Å². The number of esters is 1. The summed E-state index contributed by atoms with van der Waals surface area (Å²) >= 11 is 0. The van der Waals surface area contributed by atoms with Crippen molar-refractivity contribution in [2.24, 2.45) is 5.92 Å². The number of ether oxygens (including phenoxy) is 1. The molecule has 1 heterocycles. The minimum absolute atomic E-state index is 0.0619. The number of rotatable bonds is 6. The Morgan fingerprint density at radius 2 is 2.14 bits per heavy atom. The maximum Gasteiger partial charge on any atom is 0.326 e. The van der Waals surface area contributed by atoms with E-state index in [0.717, 1.165) is 32.2 Å². The SMILES string of the molecule is COC(=O)C1(NC(C)C)CCCC1CCN1CCCC1C. The van der Waals surface area contributed by atoms with Crippen LogP contribution in [0.3, 0.4) is 0 Å². The summed E-state index contributed by atoms with van der Waals surface area (Å²) in [6, 6.07) is 1.01. The molecule has 21 heavy (non-hydrogen) atoms. The highest BCUT2D eigenvalue weighted by Gasteiger charge is 2.49. The van der Waals surface area contributed by atoms with E-state index >= 15 is 0 Å². The molecule has 3 unspecified atom stereocenters. The Morgan fingerprint density at radius 1 is 1.38 bits per heavy atom. The molecule has 0 aromatic rings. The zero-order valence-corrected chi connectivity index (χ0v) is 14.2. The van der Waals surface area contributed by atoms with E-state index in [-0.39, 0.29) is 5.97 Å². The number of nitrogens with one attached hydrogen (secondary N) is 1. The van der Waals surface area contributed by atoms with Gasteiger partial charge in [-0.1, -0.05) is 6.42 Å². The zero-order chi connectivity index (χ0) is 15.5. The van der Waals surface area contributed by atoms with Crippen LogP contribution in [-0.2, 0) is 9.53 Å². The maximum absolute atomic E-state index is 12.4. The number of nitrogens with zero attached hydrogens (tertiary/aromatic N) is 1. The third-order valence-corrected chi connectivity index (χ3v) is 5.37. The molecule has 1 aliphatic heterocycles. The summed E-state index contributed by atoms with van der Waals surface area (Å²) in [6.45, 7) is 8.88. The molecule has 0 bridgehead atoms. The van der Waals surface area contributed by atoms with Crippen LogP contribution in [0, 0.1) is 5.92 Å². The molecule has 0 radical (unpaired) electrons. The van der Waals surface area contributed by atoms with E-state index in [1.807, 2.05) is 0 Å². The van der Waals surface area contributed by atoms with E-state index in [0.29, 0.717) is 18.0 Å². The van der Waals surface area contributed by atoms with Crippen LogP contribution >= 0.6 is 0 Å². The van der Waals surface area contributed by atoms with Crippen LogP contribution in [0.25, 0.3) is 0 Å². The third kappa shape index (κ3) is 3.59. The number of carbonyl (C=O) groups is 1. The highest BCUT2D eigenvalue weighted by atomic mass is 16.5. The topological polar surface area (TPSA) is 41.6 Å². The number of likely N-dealkylation sites (tertiary alicyclic amines) is 1. The van der Waals surface area contributed by atoms with Gasteiger partial charge in [-0.3, -0.25) is 10.1 Å². The molecule has 0 aromatic carbocycles. The summed E-state index contributed by atoms with van der Waals surface area (Å²) in [5, 5.41) is 3.55. The van der Waals surface area contributed by atoms with Crippen molar-refractivity contribution < 1.29 is 9.53 Å². The van der Waals surface area contributed by atoms with Crippen molar-refractivity contribution in [1.29, 1.82) is 0 Å². The van der Waals surface area contributed by atoms with Gasteiger partial charge >= 0.3 is 5.97 Å². The Labute approximate surface area is 129 Å². The summed E-state index contributed by atoms with van der Waals surface area (Å²) in [6.07, 6.45) is 6.90. The Kier molecular flexibility index (Phi) is 5.67. The number of hydrogen-bond acceptors (Lipinski definition) is 4. The van der Waals surface area contributed by atoms with Crippen LogP contribution < -0.4 is 5.32 Å². The molecule has 4 nitrogen and oxygen atoms in total. The van der Waals surface area contributed by atoms with Gasteiger partial charge in [0.25, 0.3) is 0 Å². The third-order valence-electron chi connectivity index (χ3n) is 5.37. The minimum Gasteiger partial charge on any atom is -0.468 e. The smallest absolute Gasteiger partial charge is 0.326 e. The Balaban J connectivity index is 2.02. The Morgan fingerprint density at radius 3 is 2.71 bits per heavy atom. The van der Waals surface area contributed by atoms with Gasteiger partial charge in [-0.2, -0.15) is 0 Å². The number of hydrogen-bond donors (Lipinski definition) is 1. The fourth-order valence-corrected chi connectivity index (χ4v) is 4.33. The molecule has 1 saturated carbocycles. The fourth-order valence-electron chi connectivity index (χ4n) is 4.33. The molecular weight excluding hydrogens is 264 g/mol. The largest absolute Gasteiger partial charge is 0.468 e. The second kappa shape index (κ2) is 7.10. The monoisotopic (exact) mass is 296 g/mol. The molecule has 2 aliphatic rings. The van der Waals surface area contributed by atoms with Gasteiger partial charge in [0.15, 0.2) is 0 Å². The fraction of sp³-hybridized carbons (Fsp3) is 0.941. The molecule has 122 valence electrons. The molecule has 1 aliphatic carbocycles. The van der Waals surface area contributed by atoms with Crippen molar-refractivity contribution in [3.05, 3.63) is 0 Å². The molecule has 4 heteroatoms. The quantitative estimate of drug-likeness (QED) is 0.765. The van der Waals surface area contributed by atoms with Crippen molar-refractivity contribution in [3.63, 3.8) is 0 Å². The lowest BCUT2D eigenvalue weighted by atomic mass is 9.83. The van der Waals surface area contributed by atoms with Crippen LogP contribution in [0.1, 0.15) is 59.3 Å². The molecule has 3 atom stereocenters. The van der Waals surface area contributed by atoms with Crippen molar-refractivity contribution in [2.45, 2.75) is 76.9 Å². The van der Waals surface area contributed by atoms with E-state index in [1.165, 1.54) is 26.5 Å². The van der Waals surface area contributed by atoms with Gasteiger partial charge in [0.1, 0.15) is 5.54 Å². The van der Waals surface area contributed by atoms with E-state index < -0.39 is 5.54 Å². The van der Waals surface area contributed by atoms with Gasteiger partial charge in [0, 0.05) is 12.1 Å². The average molecular weight is 296 g/mol. The van der Waals surface area contributed by atoms with Crippen molar-refractivity contribution in [3.8, 4) is 0 Å². The standard InChI is InChI=1S/C17H32N2O2/c1-13(2)18-17(16(20)21-4)10-5-8-15(17)9-12-19-11-6-7-14(19)3/h13-15,18H,5-12H2,1-4H3. The summed E-state index contributed by atoms with van der Waals surface area (Å²) in [4.78, 5) is 15.0. The molecule has 2 rings (SSSR count). The van der Waals surface area contributed by atoms with Gasteiger partial charge in [0.2, 0.25) is 0 Å². The predicted octanol–water partition coefficient (Wildman–Crippen LogP) is 2.57. The zero-order valence-electron chi connectivity index (χ0n) is 14.2. The first-order chi connectivity index (χ1) is 9.99. The lowest BCUT2D eigenvalue weighted by molar-refractivity contribution is -0.151. The van der Waals surface area contributed by atoms with E-state index in [2.05, 4.69) is 31.0 Å². The highest BCUT2D eigenvalue weighted by molar-refractivity contribution is 5.81. The maximum atomic E-state index is 12.4. The second-order valence-electron chi connectivity index (χ2n) is 7.17. The van der Waals surface area contributed by atoms with Crippen LogP contribution in [-0.4, -0.2) is 48.7 Å². The first-order valence-corrected chi connectivity index (χ1v) is 8.59. The Hall–Kier alpha value is -0.610. The predicted molar refractivity (Wildman–Crippen MR) is 85.2 cm³/mol. The molecule has 1 N–H and O–H groups in total. The molecule has 0 spiro atoms. The summed E-state index contributed by atoms with van der Waals surface area (Å²) in [5.41, 5.74) is -0.453. The van der Waals surface area contributed by atoms with Gasteiger partial charge in [-0.05, 0) is 71.9 Å². The van der Waals surface area contributed by atoms with Crippen molar-refractivity contribution in [1.82, 2.24) is 10.2 Å². The minimum atomic E-state index is -0.453. The number of carbonyl (C=O) groups excluding carboxylic acids is 1. The van der Waals surface area contributed by atoms with Crippen LogP contribution in [0.4, 0.5) is 0 Å². The van der Waals surface area contributed by atoms with Crippen molar-refractivity contribution >= 4 is 5.97 Å². The van der Waals surface area contributed by atoms with Crippen molar-refractivity contribution in [2.75, 3.05) is 20.2 Å². The van der Waals surface area contributed by atoms with E-state index in [4.69, 9.17) is 4.74 Å². The lowest BCUT2D eigenvalue weighted by Crippen LogP contribution is -2.58. The number of methoxy groups -OCH3 is 1. The summed E-state index contributed by atoms with van der Waals surface area (Å²) in [7, 11) is 1.52. The van der Waals surface area contributed by atoms with Crippen LogP contribution in [0.5, 0.6) is 0 Å². The summed E-state index contributed by atoms with van der Waals surface area (Å²) in [5.74, 6) is 0.341. The van der Waals surface area contributed by atoms with Gasteiger partial charge in [-0.15, -0.1) is 0 Å². The van der Waals surface area contributed by atoms with E-state index in [9.17, 15) is 4.79 Å². The van der Waals surface area contributed by atoms with Crippen LogP contribution in [0.2, 0.25) is 0 Å². The first kappa shape index (κ1) is 16.8. The van der Waals surface area contributed by atoms with E-state index in [1.54, 1.807) is 0 Å². The summed E-state index contributed by atoms with van der Waals surface area (Å²) < 4.78 is 5.15. The molecule has 0 aromatic heterocycles. The Bertz CT molecular complexity index is 359. The molecule has 0 amide bonds. The molecule has 1 saturated heterocycles. The highest BCUT2D eigenvalue weighted by Crippen LogP contribution is 2.39. The second-order valence-corrected chi connectivity index (χ2v) is 7.17. The normalized spacial score (nSPS) is 33.8. The first-order valence-electron chi connectivity index (χ1n) is 8.59. The van der Waals surface area contributed by atoms with Gasteiger partial charge in [-0.25, -0.2) is 0 Å². The van der Waals surface area contributed by atoms with Crippen LogP contribution in [0.15, 0.2) is 0 Å². The lowest BCUT2D eigenvalue weighted by Gasteiger charge is -2.36. The average Bonchev–Trinajstić information content (AvgIpc) is 3.02.